The molecule has 7 heteroatoms. The summed E-state index contributed by atoms with van der Waals surface area (Å²) in [6.45, 7) is 3.46. The maximum absolute atomic E-state index is 12.9. The molecule has 0 radical (unpaired) electrons. The Morgan fingerprint density at radius 2 is 1.78 bits per heavy atom. The number of aliphatic hydroxyl groups excluding tert-OH is 1. The number of urea groups is 1. The number of ether oxygens (including phenoxy) is 1. The number of amides is 3. The number of β-amino-alcohol motifs (C(OH)–C–C–N with tert-alkyl or cyclic N) is 1. The number of carbonyl (C=O) groups is 2. The largest absolute Gasteiger partial charge is 0.491 e. The molecule has 0 spiro atoms. The molecule has 2 N–H and O–H groups in total. The van der Waals surface area contributed by atoms with Crippen molar-refractivity contribution in [3.05, 3.63) is 64.1 Å². The molecule has 2 aromatic rings. The first-order chi connectivity index (χ1) is 12.8. The maximum Gasteiger partial charge on any atom is 0.325 e. The highest BCUT2D eigenvalue weighted by molar-refractivity contribution is 9.10. The third-order valence-corrected chi connectivity index (χ3v) is 5.08. The van der Waals surface area contributed by atoms with Crippen LogP contribution >= 0.6 is 15.9 Å². The van der Waals surface area contributed by atoms with Crippen molar-refractivity contribution in [3.63, 3.8) is 0 Å². The van der Waals surface area contributed by atoms with Gasteiger partial charge in [0.1, 0.15) is 24.0 Å². The molecular weight excluding hydrogens is 412 g/mol. The number of hydrogen-bond acceptors (Lipinski definition) is 4. The van der Waals surface area contributed by atoms with Crippen LogP contribution in [0.25, 0.3) is 0 Å². The smallest absolute Gasteiger partial charge is 0.325 e. The topological polar surface area (TPSA) is 78.9 Å². The van der Waals surface area contributed by atoms with Crippen LogP contribution in [-0.4, -0.2) is 41.2 Å². The molecule has 3 rings (SSSR count). The highest BCUT2D eigenvalue weighted by atomic mass is 79.9. The zero-order chi connectivity index (χ0) is 19.6. The quantitative estimate of drug-likeness (QED) is 0.687. The van der Waals surface area contributed by atoms with Crippen molar-refractivity contribution in [1.29, 1.82) is 0 Å². The molecule has 0 aliphatic carbocycles. The van der Waals surface area contributed by atoms with Crippen LogP contribution in [0.15, 0.2) is 53.0 Å². The first-order valence-corrected chi connectivity index (χ1v) is 9.36. The number of nitrogens with one attached hydrogen (secondary N) is 1. The summed E-state index contributed by atoms with van der Waals surface area (Å²) >= 11 is 3.34. The minimum atomic E-state index is -1.14. The van der Waals surface area contributed by atoms with Crippen LogP contribution in [0.5, 0.6) is 5.75 Å². The van der Waals surface area contributed by atoms with E-state index in [0.29, 0.717) is 11.3 Å². The lowest BCUT2D eigenvalue weighted by Crippen LogP contribution is -2.42. The molecule has 1 heterocycles. The van der Waals surface area contributed by atoms with Crippen LogP contribution in [-0.2, 0) is 10.3 Å². The fourth-order valence-electron chi connectivity index (χ4n) is 2.93. The molecule has 6 nitrogen and oxygen atoms in total. The average Bonchev–Trinajstić information content (AvgIpc) is 2.86. The molecule has 1 fully saturated rings. The zero-order valence-corrected chi connectivity index (χ0v) is 16.7. The summed E-state index contributed by atoms with van der Waals surface area (Å²) in [7, 11) is 0. The van der Waals surface area contributed by atoms with Gasteiger partial charge in [-0.3, -0.25) is 9.69 Å². The van der Waals surface area contributed by atoms with Gasteiger partial charge in [-0.05, 0) is 43.7 Å². The Bertz CT molecular complexity index is 838. The van der Waals surface area contributed by atoms with Gasteiger partial charge in [-0.1, -0.05) is 45.8 Å². The summed E-state index contributed by atoms with van der Waals surface area (Å²) in [6.07, 6.45) is -0.997. The monoisotopic (exact) mass is 432 g/mol. The Morgan fingerprint density at radius 1 is 1.15 bits per heavy atom. The number of benzene rings is 2. The average molecular weight is 433 g/mol. The van der Waals surface area contributed by atoms with Gasteiger partial charge in [0.25, 0.3) is 5.91 Å². The third-order valence-electron chi connectivity index (χ3n) is 4.55. The lowest BCUT2D eigenvalue weighted by atomic mass is 9.91. The van der Waals surface area contributed by atoms with E-state index >= 15 is 0 Å². The SMILES string of the molecule is Cc1ccc([C@@]2(C)NC(=O)N(C[C@H](O)COc3ccc(Br)cc3)C2=O)cc1. The van der Waals surface area contributed by atoms with Gasteiger partial charge >= 0.3 is 6.03 Å². The van der Waals surface area contributed by atoms with E-state index in [1.807, 2.05) is 43.3 Å². The third kappa shape index (κ3) is 4.14. The molecule has 0 aromatic heterocycles. The van der Waals surface area contributed by atoms with Gasteiger partial charge in [-0.2, -0.15) is 0 Å². The number of hydrogen-bond donors (Lipinski definition) is 2. The van der Waals surface area contributed by atoms with Gasteiger partial charge in [0.2, 0.25) is 0 Å². The zero-order valence-electron chi connectivity index (χ0n) is 15.1. The number of nitrogens with zero attached hydrogens (tertiary/aromatic N) is 1. The first-order valence-electron chi connectivity index (χ1n) is 8.57. The van der Waals surface area contributed by atoms with Gasteiger partial charge in [-0.25, -0.2) is 4.79 Å². The van der Waals surface area contributed by atoms with Crippen molar-refractivity contribution in [3.8, 4) is 5.75 Å². The molecule has 0 bridgehead atoms. The van der Waals surface area contributed by atoms with Crippen LogP contribution < -0.4 is 10.1 Å². The maximum atomic E-state index is 12.9. The fraction of sp³-hybridized carbons (Fsp3) is 0.300. The molecule has 0 unspecified atom stereocenters. The first kappa shape index (κ1) is 19.4. The van der Waals surface area contributed by atoms with Crippen molar-refractivity contribution >= 4 is 27.9 Å². The highest BCUT2D eigenvalue weighted by Gasteiger charge is 2.49. The predicted molar refractivity (Wildman–Crippen MR) is 104 cm³/mol. The number of halogens is 1. The van der Waals surface area contributed by atoms with Crippen LogP contribution in [0.2, 0.25) is 0 Å². The van der Waals surface area contributed by atoms with E-state index in [1.54, 1.807) is 19.1 Å². The summed E-state index contributed by atoms with van der Waals surface area (Å²) in [5, 5.41) is 13.0. The summed E-state index contributed by atoms with van der Waals surface area (Å²) in [6, 6.07) is 14.1. The van der Waals surface area contributed by atoms with E-state index in [0.717, 1.165) is 14.9 Å². The lowest BCUT2D eigenvalue weighted by molar-refractivity contribution is -0.132. The normalized spacial score (nSPS) is 20.5. The van der Waals surface area contributed by atoms with Crippen molar-refractivity contribution in [1.82, 2.24) is 10.2 Å². The van der Waals surface area contributed by atoms with Gasteiger partial charge in [0, 0.05) is 4.47 Å². The number of aliphatic hydroxyl groups is 1. The fourth-order valence-corrected chi connectivity index (χ4v) is 3.20. The summed E-state index contributed by atoms with van der Waals surface area (Å²) in [4.78, 5) is 26.2. The molecule has 27 heavy (non-hydrogen) atoms. The molecule has 2 atom stereocenters. The summed E-state index contributed by atoms with van der Waals surface area (Å²) in [5.74, 6) is 0.206. The number of carbonyl (C=O) groups excluding carboxylic acids is 2. The van der Waals surface area contributed by atoms with Gasteiger partial charge in [0.05, 0.1) is 6.54 Å². The highest BCUT2D eigenvalue weighted by Crippen LogP contribution is 2.29. The van der Waals surface area contributed by atoms with Crippen LogP contribution in [0.1, 0.15) is 18.1 Å². The Labute approximate surface area is 166 Å². The van der Waals surface area contributed by atoms with E-state index in [2.05, 4.69) is 21.2 Å². The Kier molecular flexibility index (Phi) is 5.53. The predicted octanol–water partition coefficient (Wildman–Crippen LogP) is 2.96. The van der Waals surface area contributed by atoms with E-state index in [9.17, 15) is 14.7 Å². The van der Waals surface area contributed by atoms with Crippen molar-refractivity contribution < 1.29 is 19.4 Å². The van der Waals surface area contributed by atoms with Crippen molar-refractivity contribution in [2.75, 3.05) is 13.2 Å². The molecule has 142 valence electrons. The molecule has 0 saturated carbocycles. The second-order valence-electron chi connectivity index (χ2n) is 6.76. The lowest BCUT2D eigenvalue weighted by Gasteiger charge is -2.23. The summed E-state index contributed by atoms with van der Waals surface area (Å²) in [5.41, 5.74) is 0.628. The van der Waals surface area contributed by atoms with Crippen LogP contribution in [0, 0.1) is 6.92 Å². The van der Waals surface area contributed by atoms with E-state index in [1.165, 1.54) is 0 Å². The second kappa shape index (κ2) is 7.70. The molecule has 1 saturated heterocycles. The minimum absolute atomic E-state index is 0.0278. The van der Waals surface area contributed by atoms with Crippen molar-refractivity contribution in [2.24, 2.45) is 0 Å². The van der Waals surface area contributed by atoms with E-state index in [-0.39, 0.29) is 19.1 Å². The minimum Gasteiger partial charge on any atom is -0.491 e. The number of rotatable bonds is 6. The molecule has 1 aliphatic heterocycles. The Morgan fingerprint density at radius 3 is 2.41 bits per heavy atom. The second-order valence-corrected chi connectivity index (χ2v) is 7.67. The summed E-state index contributed by atoms with van der Waals surface area (Å²) < 4.78 is 6.43. The molecule has 2 aromatic carbocycles. The van der Waals surface area contributed by atoms with Gasteiger partial charge < -0.3 is 15.2 Å². The van der Waals surface area contributed by atoms with Crippen molar-refractivity contribution in [2.45, 2.75) is 25.5 Å². The van der Waals surface area contributed by atoms with Crippen LogP contribution in [0.3, 0.4) is 0 Å². The standard InChI is InChI=1S/C20H21BrN2O4/c1-13-3-5-14(6-4-13)20(2)18(25)23(19(26)22-20)11-16(24)12-27-17-9-7-15(21)8-10-17/h3-10,16,24H,11-12H2,1-2H3,(H,22,26)/t16-,20+/m0/s1. The molecular formula is C20H21BrN2O4. The number of aryl methyl sites for hydroxylation is 1. The molecule has 1 aliphatic rings. The van der Waals surface area contributed by atoms with Crippen LogP contribution in [0.4, 0.5) is 4.79 Å². The Hall–Kier alpha value is -2.38. The number of imide groups is 1. The molecule has 3 amide bonds. The van der Waals surface area contributed by atoms with Gasteiger partial charge in [-0.15, -0.1) is 0 Å². The van der Waals surface area contributed by atoms with E-state index in [4.69, 9.17) is 4.74 Å². The Balaban J connectivity index is 1.64. The van der Waals surface area contributed by atoms with E-state index < -0.39 is 17.7 Å². The van der Waals surface area contributed by atoms with Gasteiger partial charge in [0.15, 0.2) is 0 Å².